The van der Waals surface area contributed by atoms with E-state index in [1.165, 1.54) is 6.07 Å². The van der Waals surface area contributed by atoms with Gasteiger partial charge in [-0.25, -0.2) is 9.37 Å². The largest absolute Gasteiger partial charge is 0.381 e. The number of carbonyl (C=O) groups is 1. The summed E-state index contributed by atoms with van der Waals surface area (Å²) in [5, 5.41) is 3.15. The maximum Gasteiger partial charge on any atom is 0.242 e. The van der Waals surface area contributed by atoms with E-state index in [0.29, 0.717) is 19.8 Å². The predicted octanol–water partition coefficient (Wildman–Crippen LogP) is 4.16. The normalized spacial score (nSPS) is 17.0. The summed E-state index contributed by atoms with van der Waals surface area (Å²) in [6.07, 6.45) is 2.25. The molecular weight excluding hydrogens is 381 g/mol. The molecule has 1 aromatic heterocycles. The highest BCUT2D eigenvalue weighted by Gasteiger charge is 2.35. The quantitative estimate of drug-likeness (QED) is 0.665. The number of rotatable bonds is 6. The molecule has 4 rings (SSSR count). The first kappa shape index (κ1) is 20.5. The van der Waals surface area contributed by atoms with E-state index >= 15 is 0 Å². The zero-order valence-electron chi connectivity index (χ0n) is 17.5. The van der Waals surface area contributed by atoms with Crippen molar-refractivity contribution in [1.29, 1.82) is 0 Å². The highest BCUT2D eigenvalue weighted by Crippen LogP contribution is 2.35. The first-order chi connectivity index (χ1) is 14.5. The van der Waals surface area contributed by atoms with Crippen LogP contribution in [0, 0.1) is 5.82 Å². The summed E-state index contributed by atoms with van der Waals surface area (Å²) in [6.45, 7) is 5.62. The van der Waals surface area contributed by atoms with Gasteiger partial charge in [0.05, 0.1) is 11.0 Å². The summed E-state index contributed by atoms with van der Waals surface area (Å²) >= 11 is 0. The Morgan fingerprint density at radius 1 is 1.23 bits per heavy atom. The van der Waals surface area contributed by atoms with Crippen LogP contribution in [-0.4, -0.2) is 35.2 Å². The van der Waals surface area contributed by atoms with Gasteiger partial charge in [-0.05, 0) is 49.6 Å². The van der Waals surface area contributed by atoms with Crippen LogP contribution in [0.4, 0.5) is 4.39 Å². The molecule has 0 saturated carbocycles. The van der Waals surface area contributed by atoms with Gasteiger partial charge in [-0.3, -0.25) is 4.79 Å². The predicted molar refractivity (Wildman–Crippen MR) is 115 cm³/mol. The zero-order chi connectivity index (χ0) is 21.1. The molecule has 1 aliphatic rings. The average molecular weight is 410 g/mol. The number of nitrogens with zero attached hydrogens (tertiary/aromatic N) is 2. The molecule has 5 nitrogen and oxygen atoms in total. The number of aryl methyl sites for hydroxylation is 1. The molecule has 30 heavy (non-hydrogen) atoms. The highest BCUT2D eigenvalue weighted by molar-refractivity contribution is 5.84. The van der Waals surface area contributed by atoms with Crippen molar-refractivity contribution < 1.29 is 13.9 Å². The Morgan fingerprint density at radius 2 is 2.00 bits per heavy atom. The molecule has 0 unspecified atom stereocenters. The Bertz CT molecular complexity index is 1040. The van der Waals surface area contributed by atoms with Gasteiger partial charge < -0.3 is 14.6 Å². The fraction of sp³-hybridized carbons (Fsp3) is 0.417. The van der Waals surface area contributed by atoms with Crippen LogP contribution in [0.1, 0.15) is 44.1 Å². The van der Waals surface area contributed by atoms with Crippen LogP contribution in [0.5, 0.6) is 0 Å². The lowest BCUT2D eigenvalue weighted by atomic mass is 9.74. The second kappa shape index (κ2) is 8.56. The molecule has 1 aliphatic heterocycles. The minimum absolute atomic E-state index is 0.0601. The average Bonchev–Trinajstić information content (AvgIpc) is 3.16. The van der Waals surface area contributed by atoms with E-state index in [1.54, 1.807) is 12.1 Å². The molecule has 3 aromatic rings. The van der Waals surface area contributed by atoms with Gasteiger partial charge in [-0.1, -0.05) is 31.2 Å². The highest BCUT2D eigenvalue weighted by atomic mass is 19.1. The molecule has 2 aromatic carbocycles. The van der Waals surface area contributed by atoms with Gasteiger partial charge in [-0.2, -0.15) is 0 Å². The van der Waals surface area contributed by atoms with Gasteiger partial charge in [0.1, 0.15) is 17.7 Å². The van der Waals surface area contributed by atoms with Crippen LogP contribution in [-0.2, 0) is 21.4 Å². The lowest BCUT2D eigenvalue weighted by Gasteiger charge is -2.38. The van der Waals surface area contributed by atoms with E-state index in [0.717, 1.165) is 41.7 Å². The summed E-state index contributed by atoms with van der Waals surface area (Å²) in [7, 11) is 0. The summed E-state index contributed by atoms with van der Waals surface area (Å²) < 4.78 is 21.5. The summed E-state index contributed by atoms with van der Waals surface area (Å²) in [5.41, 5.74) is 2.46. The first-order valence-electron chi connectivity index (χ1n) is 10.6. The van der Waals surface area contributed by atoms with Crippen LogP contribution in [0.25, 0.3) is 11.0 Å². The molecule has 0 aliphatic carbocycles. The van der Waals surface area contributed by atoms with E-state index in [9.17, 15) is 9.18 Å². The minimum atomic E-state index is -0.392. The lowest BCUT2D eigenvalue weighted by Crippen LogP contribution is -2.46. The molecular formula is C24H28FN3O2. The molecule has 158 valence electrons. The Kier molecular flexibility index (Phi) is 5.86. The van der Waals surface area contributed by atoms with Crippen molar-refractivity contribution in [3.05, 3.63) is 65.7 Å². The zero-order valence-corrected chi connectivity index (χ0v) is 17.5. The number of imidazole rings is 1. The third-order valence-corrected chi connectivity index (χ3v) is 6.24. The molecule has 1 N–H and O–H groups in total. The topological polar surface area (TPSA) is 56.2 Å². The number of hydrogen-bond donors (Lipinski definition) is 1. The SMILES string of the molecule is CCc1nc2ccccc2n1[C@H](C)C(=O)NCC1(c2cccc(F)c2)CCOCC1. The maximum absolute atomic E-state index is 13.9. The number of amides is 1. The molecule has 6 heteroatoms. The number of hydrogen-bond acceptors (Lipinski definition) is 3. The number of benzene rings is 2. The van der Waals surface area contributed by atoms with Gasteiger partial charge in [0, 0.05) is 31.6 Å². The van der Waals surface area contributed by atoms with Crippen molar-refractivity contribution in [3.8, 4) is 0 Å². The fourth-order valence-corrected chi connectivity index (χ4v) is 4.45. The molecule has 2 heterocycles. The van der Waals surface area contributed by atoms with Crippen LogP contribution >= 0.6 is 0 Å². The van der Waals surface area contributed by atoms with Crippen molar-refractivity contribution in [2.45, 2.75) is 44.6 Å². The maximum atomic E-state index is 13.9. The molecule has 0 bridgehead atoms. The van der Waals surface area contributed by atoms with Gasteiger partial charge in [0.15, 0.2) is 0 Å². The number of halogens is 1. The van der Waals surface area contributed by atoms with E-state index in [1.807, 2.05) is 48.7 Å². The van der Waals surface area contributed by atoms with Crippen molar-refractivity contribution in [3.63, 3.8) is 0 Å². The van der Waals surface area contributed by atoms with Gasteiger partial charge in [-0.15, -0.1) is 0 Å². The second-order valence-electron chi connectivity index (χ2n) is 8.04. The van der Waals surface area contributed by atoms with Crippen molar-refractivity contribution in [2.75, 3.05) is 19.8 Å². The molecule has 0 radical (unpaired) electrons. The minimum Gasteiger partial charge on any atom is -0.381 e. The lowest BCUT2D eigenvalue weighted by molar-refractivity contribution is -0.124. The Morgan fingerprint density at radius 3 is 2.73 bits per heavy atom. The number of fused-ring (bicyclic) bond motifs is 1. The summed E-state index contributed by atoms with van der Waals surface area (Å²) in [6, 6.07) is 14.2. The summed E-state index contributed by atoms with van der Waals surface area (Å²) in [4.78, 5) is 17.9. The molecule has 1 atom stereocenters. The van der Waals surface area contributed by atoms with E-state index in [4.69, 9.17) is 4.74 Å². The second-order valence-corrected chi connectivity index (χ2v) is 8.04. The third-order valence-electron chi connectivity index (χ3n) is 6.24. The van der Waals surface area contributed by atoms with Crippen LogP contribution in [0.3, 0.4) is 0 Å². The monoisotopic (exact) mass is 409 g/mol. The van der Waals surface area contributed by atoms with Crippen LogP contribution in [0.15, 0.2) is 48.5 Å². The molecule has 0 spiro atoms. The number of ether oxygens (including phenoxy) is 1. The fourth-order valence-electron chi connectivity index (χ4n) is 4.45. The number of nitrogens with one attached hydrogen (secondary N) is 1. The van der Waals surface area contributed by atoms with Crippen LogP contribution < -0.4 is 5.32 Å². The Hall–Kier alpha value is -2.73. The van der Waals surface area contributed by atoms with Gasteiger partial charge >= 0.3 is 0 Å². The van der Waals surface area contributed by atoms with Gasteiger partial charge in [0.2, 0.25) is 5.91 Å². The van der Waals surface area contributed by atoms with E-state index < -0.39 is 6.04 Å². The Labute approximate surface area is 176 Å². The number of para-hydroxylation sites is 2. The number of carbonyl (C=O) groups excluding carboxylic acids is 1. The standard InChI is InChI=1S/C24H28FN3O2/c1-3-22-27-20-9-4-5-10-21(20)28(22)17(2)23(29)26-16-24(11-13-30-14-12-24)18-7-6-8-19(25)15-18/h4-10,15,17H,3,11-14,16H2,1-2H3,(H,26,29)/t17-/m1/s1. The van der Waals surface area contributed by atoms with Crippen molar-refractivity contribution in [1.82, 2.24) is 14.9 Å². The van der Waals surface area contributed by atoms with Crippen molar-refractivity contribution >= 4 is 16.9 Å². The van der Waals surface area contributed by atoms with Crippen molar-refractivity contribution in [2.24, 2.45) is 0 Å². The molecule has 1 amide bonds. The number of aromatic nitrogens is 2. The van der Waals surface area contributed by atoms with E-state index in [2.05, 4.69) is 10.3 Å². The first-order valence-corrected chi connectivity index (χ1v) is 10.6. The van der Waals surface area contributed by atoms with Gasteiger partial charge in [0.25, 0.3) is 0 Å². The smallest absolute Gasteiger partial charge is 0.242 e. The summed E-state index contributed by atoms with van der Waals surface area (Å²) in [5.74, 6) is 0.579. The molecule has 1 fully saturated rings. The Balaban J connectivity index is 1.57. The van der Waals surface area contributed by atoms with Crippen LogP contribution in [0.2, 0.25) is 0 Å². The third kappa shape index (κ3) is 3.84. The molecule has 1 saturated heterocycles. The van der Waals surface area contributed by atoms with E-state index in [-0.39, 0.29) is 17.1 Å².